The number of Topliss-reactive ketones (excluding diaryl/α,β-unsaturated/α-hetero) is 1. The number of nitrogens with one attached hydrogen (secondary N) is 1. The van der Waals surface area contributed by atoms with Crippen molar-refractivity contribution in [1.82, 2.24) is 15.2 Å². The standard InChI is InChI=1S/C37H59N3O8Si2/c1-24-14-12-18-38-30(43)17-16-25(2)33(26(3)23-41)47-35(45)29-15-13-19-40(29)34(44)32-36(49(7,8)9)46-31(39-32)22-27(42)21-28(20-24)48-50(10,11)37(4,5)6/h12,14,16-17,20,25-26,28-29,33,41H,13,15,18-19,21-23H2,1-11H3,(H,38,43)/b14-12+,17-16+,24-20+/t25-,26+,28-,29-,33+/m1/s1. The summed E-state index contributed by atoms with van der Waals surface area (Å²) < 4.78 is 18.9. The third-order valence-corrected chi connectivity index (χ3v) is 16.0. The van der Waals surface area contributed by atoms with Gasteiger partial charge in [0.25, 0.3) is 5.91 Å². The molecule has 1 fully saturated rings. The number of hydrogen-bond acceptors (Lipinski definition) is 9. The summed E-state index contributed by atoms with van der Waals surface area (Å²) in [4.78, 5) is 60.2. The first kappa shape index (κ1) is 41.3. The normalized spacial score (nSPS) is 27.1. The van der Waals surface area contributed by atoms with Gasteiger partial charge in [0.15, 0.2) is 14.0 Å². The zero-order chi connectivity index (χ0) is 37.6. The first-order chi connectivity index (χ1) is 23.1. The van der Waals surface area contributed by atoms with Crippen LogP contribution in [0, 0.1) is 11.8 Å². The number of ketones is 1. The first-order valence-corrected chi connectivity index (χ1v) is 24.2. The van der Waals surface area contributed by atoms with Crippen LogP contribution >= 0.6 is 0 Å². The van der Waals surface area contributed by atoms with Crippen molar-refractivity contribution in [3.8, 4) is 0 Å². The van der Waals surface area contributed by atoms with Crippen LogP contribution in [-0.4, -0.2) is 92.9 Å². The Hall–Kier alpha value is -3.14. The topological polar surface area (TPSA) is 148 Å². The molecule has 2 aliphatic rings. The molecule has 5 atom stereocenters. The van der Waals surface area contributed by atoms with E-state index in [1.807, 2.05) is 51.7 Å². The van der Waals surface area contributed by atoms with Crippen molar-refractivity contribution in [1.29, 1.82) is 0 Å². The number of aromatic nitrogens is 1. The predicted octanol–water partition coefficient (Wildman–Crippen LogP) is 5.08. The van der Waals surface area contributed by atoms with Gasteiger partial charge in [0.1, 0.15) is 31.4 Å². The van der Waals surface area contributed by atoms with E-state index < -0.39 is 58.4 Å². The van der Waals surface area contributed by atoms with Crippen molar-refractivity contribution in [2.24, 2.45) is 11.8 Å². The fraction of sp³-hybridized carbons (Fsp3) is 0.649. The minimum absolute atomic E-state index is 0.0806. The maximum absolute atomic E-state index is 14.1. The number of cyclic esters (lactones) is 1. The Bertz CT molecular complexity index is 1480. The Kier molecular flexibility index (Phi) is 14.0. The maximum atomic E-state index is 14.1. The molecule has 0 aromatic carbocycles. The summed E-state index contributed by atoms with van der Waals surface area (Å²) in [6, 6.07) is -0.844. The number of fused-ring (bicyclic) bond motifs is 3. The van der Waals surface area contributed by atoms with E-state index in [-0.39, 0.29) is 54.3 Å². The third-order valence-electron chi connectivity index (χ3n) is 9.76. The van der Waals surface area contributed by atoms with Crippen LogP contribution in [0.25, 0.3) is 0 Å². The molecular formula is C37H59N3O8Si2. The summed E-state index contributed by atoms with van der Waals surface area (Å²) in [7, 11) is -4.54. The summed E-state index contributed by atoms with van der Waals surface area (Å²) in [5.41, 5.74) is 1.02. The second kappa shape index (κ2) is 16.9. The van der Waals surface area contributed by atoms with E-state index in [4.69, 9.17) is 13.6 Å². The Morgan fingerprint density at radius 1 is 1.12 bits per heavy atom. The van der Waals surface area contributed by atoms with Crippen molar-refractivity contribution in [3.63, 3.8) is 0 Å². The van der Waals surface area contributed by atoms with Crippen LogP contribution in [-0.2, 0) is 30.0 Å². The van der Waals surface area contributed by atoms with Crippen LogP contribution in [0.3, 0.4) is 0 Å². The largest absolute Gasteiger partial charge is 0.460 e. The highest BCUT2D eigenvalue weighted by Gasteiger charge is 2.42. The van der Waals surface area contributed by atoms with Crippen molar-refractivity contribution in [2.75, 3.05) is 19.7 Å². The zero-order valence-electron chi connectivity index (χ0n) is 31.9. The zero-order valence-corrected chi connectivity index (χ0v) is 33.9. The number of carbonyl (C=O) groups is 4. The number of hydrogen-bond donors (Lipinski definition) is 2. The SMILES string of the molecule is CC1=C\[C@@H](O[Si](C)(C)C(C)(C)C)CC(=O)Cc2nc(c([Si](C)(C)C)o2)C(=O)N2CCC[C@@H]2C(=O)O[C@H]([C@@H](C)CO)[C@H](C)/C=C/C(=O)NC\C=C\1. The molecule has 13 heteroatoms. The molecule has 278 valence electrons. The van der Waals surface area contributed by atoms with Gasteiger partial charge >= 0.3 is 5.97 Å². The van der Waals surface area contributed by atoms with Gasteiger partial charge in [-0.2, -0.15) is 0 Å². The Labute approximate surface area is 300 Å². The number of aliphatic hydroxyl groups excluding tert-OH is 1. The fourth-order valence-electron chi connectivity index (χ4n) is 5.86. The molecule has 2 N–H and O–H groups in total. The minimum Gasteiger partial charge on any atom is -0.460 e. The molecule has 0 saturated carbocycles. The van der Waals surface area contributed by atoms with E-state index >= 15 is 0 Å². The molecule has 1 aromatic rings. The second-order valence-corrected chi connectivity index (χ2v) is 26.1. The molecule has 3 heterocycles. The quantitative estimate of drug-likeness (QED) is 0.313. The highest BCUT2D eigenvalue weighted by molar-refractivity contribution is 6.88. The van der Waals surface area contributed by atoms with Crippen LogP contribution < -0.4 is 10.7 Å². The van der Waals surface area contributed by atoms with Crippen molar-refractivity contribution in [2.45, 2.75) is 123 Å². The summed E-state index contributed by atoms with van der Waals surface area (Å²) in [6.45, 7) is 22.8. The molecule has 11 nitrogen and oxygen atoms in total. The van der Waals surface area contributed by atoms with Gasteiger partial charge in [-0.05, 0) is 44.0 Å². The Balaban J connectivity index is 2.07. The lowest BCUT2D eigenvalue weighted by molar-refractivity contribution is -0.159. The number of amides is 2. The summed E-state index contributed by atoms with van der Waals surface area (Å²) >= 11 is 0. The third kappa shape index (κ3) is 10.9. The lowest BCUT2D eigenvalue weighted by atomic mass is 9.93. The van der Waals surface area contributed by atoms with E-state index in [1.54, 1.807) is 13.0 Å². The molecule has 2 amide bonds. The number of nitrogens with zero attached hydrogens (tertiary/aromatic N) is 2. The monoisotopic (exact) mass is 729 g/mol. The van der Waals surface area contributed by atoms with E-state index in [2.05, 4.69) is 44.2 Å². The number of ether oxygens (including phenoxy) is 1. The Morgan fingerprint density at radius 2 is 1.80 bits per heavy atom. The molecule has 1 saturated heterocycles. The highest BCUT2D eigenvalue weighted by atomic mass is 28.4. The van der Waals surface area contributed by atoms with Gasteiger partial charge in [-0.25, -0.2) is 9.78 Å². The van der Waals surface area contributed by atoms with Crippen LogP contribution in [0.1, 0.15) is 77.2 Å². The van der Waals surface area contributed by atoms with Crippen LogP contribution in [0.4, 0.5) is 0 Å². The molecule has 0 spiro atoms. The van der Waals surface area contributed by atoms with E-state index in [0.717, 1.165) is 5.57 Å². The highest BCUT2D eigenvalue weighted by Crippen LogP contribution is 2.38. The lowest BCUT2D eigenvalue weighted by Gasteiger charge is -2.38. The van der Waals surface area contributed by atoms with Gasteiger partial charge < -0.3 is 28.9 Å². The van der Waals surface area contributed by atoms with E-state index in [1.165, 1.54) is 11.0 Å². The number of carbonyl (C=O) groups excluding carboxylic acids is 4. The molecule has 1 aromatic heterocycles. The predicted molar refractivity (Wildman–Crippen MR) is 199 cm³/mol. The summed E-state index contributed by atoms with van der Waals surface area (Å²) in [5, 5.41) is 13.2. The van der Waals surface area contributed by atoms with E-state index in [0.29, 0.717) is 24.8 Å². The molecule has 0 aliphatic carbocycles. The van der Waals surface area contributed by atoms with Crippen LogP contribution in [0.5, 0.6) is 0 Å². The molecule has 3 rings (SSSR count). The van der Waals surface area contributed by atoms with Gasteiger partial charge in [0, 0.05) is 38.0 Å². The number of esters is 1. The van der Waals surface area contributed by atoms with Gasteiger partial charge in [-0.3, -0.25) is 14.4 Å². The van der Waals surface area contributed by atoms with Gasteiger partial charge in [-0.1, -0.05) is 84.1 Å². The molecule has 2 aliphatic heterocycles. The fourth-order valence-corrected chi connectivity index (χ4v) is 8.42. The number of allylic oxidation sites excluding steroid dienone is 2. The smallest absolute Gasteiger partial charge is 0.329 e. The number of rotatable bonds is 5. The maximum Gasteiger partial charge on any atom is 0.329 e. The van der Waals surface area contributed by atoms with Gasteiger partial charge in [-0.15, -0.1) is 0 Å². The molecule has 0 radical (unpaired) electrons. The summed E-state index contributed by atoms with van der Waals surface area (Å²) in [5.74, 6) is -2.09. The first-order valence-electron chi connectivity index (χ1n) is 17.8. The van der Waals surface area contributed by atoms with Crippen molar-refractivity contribution in [3.05, 3.63) is 47.5 Å². The van der Waals surface area contributed by atoms with Gasteiger partial charge in [0.05, 0.1) is 12.5 Å². The molecule has 0 unspecified atom stereocenters. The molecule has 2 bridgehead atoms. The second-order valence-electron chi connectivity index (χ2n) is 16.4. The van der Waals surface area contributed by atoms with Crippen LogP contribution in [0.15, 0.2) is 40.4 Å². The van der Waals surface area contributed by atoms with Gasteiger partial charge in [0.2, 0.25) is 11.8 Å². The Morgan fingerprint density at radius 3 is 2.42 bits per heavy atom. The number of oxazole rings is 1. The average molecular weight is 730 g/mol. The van der Waals surface area contributed by atoms with E-state index in [9.17, 15) is 24.3 Å². The number of aliphatic hydroxyl groups is 1. The van der Waals surface area contributed by atoms with Crippen molar-refractivity contribution >= 4 is 45.3 Å². The molecular weight excluding hydrogens is 671 g/mol. The van der Waals surface area contributed by atoms with Crippen molar-refractivity contribution < 1.29 is 37.9 Å². The minimum atomic E-state index is -2.27. The molecule has 50 heavy (non-hydrogen) atoms. The van der Waals surface area contributed by atoms with Crippen LogP contribution in [0.2, 0.25) is 37.8 Å². The average Bonchev–Trinajstić information content (AvgIpc) is 3.67. The summed E-state index contributed by atoms with van der Waals surface area (Å²) in [6.07, 6.45) is 8.51. The lowest BCUT2D eigenvalue weighted by Crippen LogP contribution is -2.48.